The average Bonchev–Trinajstić information content (AvgIpc) is 2.48. The molecule has 3 heteroatoms. The summed E-state index contributed by atoms with van der Waals surface area (Å²) in [6.45, 7) is 6.04. The van der Waals surface area contributed by atoms with Crippen molar-refractivity contribution in [1.82, 2.24) is 0 Å². The van der Waals surface area contributed by atoms with Crippen molar-refractivity contribution in [2.45, 2.75) is 39.7 Å². The number of hydrogen-bond acceptors (Lipinski definition) is 3. The van der Waals surface area contributed by atoms with E-state index in [4.69, 9.17) is 10.5 Å². The second-order valence-electron chi connectivity index (χ2n) is 5.65. The van der Waals surface area contributed by atoms with Crippen molar-refractivity contribution in [2.24, 2.45) is 0 Å². The van der Waals surface area contributed by atoms with Gasteiger partial charge in [0, 0.05) is 11.3 Å². The lowest BCUT2D eigenvalue weighted by Gasteiger charge is -2.19. The van der Waals surface area contributed by atoms with Gasteiger partial charge in [0.2, 0.25) is 5.78 Å². The van der Waals surface area contributed by atoms with E-state index in [-0.39, 0.29) is 5.78 Å². The predicted molar refractivity (Wildman–Crippen MR) is 90.4 cm³/mol. The molecule has 1 unspecified atom stereocenters. The molecule has 0 aliphatic heterocycles. The molecule has 3 nitrogen and oxygen atoms in total. The van der Waals surface area contributed by atoms with Crippen LogP contribution in [0, 0.1) is 13.8 Å². The summed E-state index contributed by atoms with van der Waals surface area (Å²) in [6.07, 6.45) is 1.11. The fourth-order valence-electron chi connectivity index (χ4n) is 2.48. The highest BCUT2D eigenvalue weighted by atomic mass is 16.5. The smallest absolute Gasteiger partial charge is 0.203 e. The largest absolute Gasteiger partial charge is 0.482 e. The van der Waals surface area contributed by atoms with Gasteiger partial charge in [0.1, 0.15) is 5.75 Å². The Hall–Kier alpha value is -2.29. The quantitative estimate of drug-likeness (QED) is 0.638. The molecule has 22 heavy (non-hydrogen) atoms. The Kier molecular flexibility index (Phi) is 5.21. The number of benzene rings is 2. The van der Waals surface area contributed by atoms with Crippen molar-refractivity contribution < 1.29 is 9.53 Å². The normalized spacial score (nSPS) is 12.0. The molecule has 1 atom stereocenters. The Balaban J connectivity index is 2.22. The van der Waals surface area contributed by atoms with Gasteiger partial charge in [-0.3, -0.25) is 4.79 Å². The summed E-state index contributed by atoms with van der Waals surface area (Å²) in [7, 11) is 0. The van der Waals surface area contributed by atoms with Crippen LogP contribution in [0.15, 0.2) is 42.5 Å². The van der Waals surface area contributed by atoms with Gasteiger partial charge >= 0.3 is 0 Å². The van der Waals surface area contributed by atoms with Gasteiger partial charge in [0.15, 0.2) is 6.10 Å². The fourth-order valence-corrected chi connectivity index (χ4v) is 2.48. The lowest BCUT2D eigenvalue weighted by atomic mass is 9.97. The number of rotatable bonds is 6. The number of ether oxygens (including phenoxy) is 1. The first-order valence-electron chi connectivity index (χ1n) is 7.65. The molecule has 2 aromatic rings. The predicted octanol–water partition coefficient (Wildman–Crippen LogP) is 4.32. The van der Waals surface area contributed by atoms with Crippen molar-refractivity contribution >= 4 is 11.5 Å². The molecule has 2 aromatic carbocycles. The third-order valence-corrected chi connectivity index (χ3v) is 3.65. The van der Waals surface area contributed by atoms with Crippen molar-refractivity contribution in [3.63, 3.8) is 0 Å². The molecule has 0 aliphatic rings. The van der Waals surface area contributed by atoms with E-state index in [2.05, 4.69) is 6.92 Å². The Morgan fingerprint density at radius 2 is 1.82 bits per heavy atom. The Morgan fingerprint density at radius 1 is 1.14 bits per heavy atom. The summed E-state index contributed by atoms with van der Waals surface area (Å²) in [6, 6.07) is 13.0. The highest BCUT2D eigenvalue weighted by Gasteiger charge is 2.22. The van der Waals surface area contributed by atoms with Crippen LogP contribution in [0.2, 0.25) is 0 Å². The maximum atomic E-state index is 12.8. The highest BCUT2D eigenvalue weighted by molar-refractivity contribution is 6.00. The molecule has 0 heterocycles. The number of nitrogen functional groups attached to an aromatic ring is 1. The molecule has 0 aliphatic carbocycles. The van der Waals surface area contributed by atoms with E-state index in [9.17, 15) is 4.79 Å². The van der Waals surface area contributed by atoms with Crippen molar-refractivity contribution in [1.29, 1.82) is 0 Å². The van der Waals surface area contributed by atoms with Crippen LogP contribution >= 0.6 is 0 Å². The molecule has 0 fully saturated rings. The summed E-state index contributed by atoms with van der Waals surface area (Å²) < 4.78 is 5.91. The van der Waals surface area contributed by atoms with Crippen LogP contribution in [0.25, 0.3) is 0 Å². The van der Waals surface area contributed by atoms with Gasteiger partial charge < -0.3 is 10.5 Å². The average molecular weight is 297 g/mol. The lowest BCUT2D eigenvalue weighted by molar-refractivity contribution is 0.0776. The molecule has 0 bridgehead atoms. The van der Waals surface area contributed by atoms with E-state index >= 15 is 0 Å². The van der Waals surface area contributed by atoms with Crippen LogP contribution in [0.1, 0.15) is 41.3 Å². The van der Waals surface area contributed by atoms with Crippen LogP contribution in [0.4, 0.5) is 5.69 Å². The number of nitrogens with two attached hydrogens (primary N) is 1. The first kappa shape index (κ1) is 16.1. The lowest BCUT2D eigenvalue weighted by Crippen LogP contribution is -2.28. The Labute approximate surface area is 132 Å². The van der Waals surface area contributed by atoms with Crippen LogP contribution in [0.3, 0.4) is 0 Å². The van der Waals surface area contributed by atoms with E-state index in [0.717, 1.165) is 23.1 Å². The molecule has 2 N–H and O–H groups in total. The van der Waals surface area contributed by atoms with Gasteiger partial charge in [-0.15, -0.1) is 0 Å². The summed E-state index contributed by atoms with van der Waals surface area (Å²) >= 11 is 0. The minimum atomic E-state index is -0.463. The zero-order chi connectivity index (χ0) is 16.1. The molecule has 0 aromatic heterocycles. The van der Waals surface area contributed by atoms with Gasteiger partial charge in [0.25, 0.3) is 0 Å². The van der Waals surface area contributed by atoms with E-state index in [1.807, 2.05) is 32.0 Å². The summed E-state index contributed by atoms with van der Waals surface area (Å²) in [5.41, 5.74) is 9.24. The maximum absolute atomic E-state index is 12.8. The number of carbonyl (C=O) groups is 1. The Morgan fingerprint density at radius 3 is 2.41 bits per heavy atom. The standard InChI is InChI=1S/C19H23NO2/c1-4-5-18(22-16-9-7-15(20)8-10-16)19(21)17-11-6-13(2)12-14(17)3/h6-12,18H,4-5,20H2,1-3H3. The third-order valence-electron chi connectivity index (χ3n) is 3.65. The third kappa shape index (κ3) is 3.88. The first-order valence-corrected chi connectivity index (χ1v) is 7.65. The van der Waals surface area contributed by atoms with Crippen LogP contribution < -0.4 is 10.5 Å². The molecule has 0 saturated heterocycles. The highest BCUT2D eigenvalue weighted by Crippen LogP contribution is 2.21. The second kappa shape index (κ2) is 7.12. The van der Waals surface area contributed by atoms with E-state index in [1.54, 1.807) is 24.3 Å². The van der Waals surface area contributed by atoms with E-state index < -0.39 is 6.10 Å². The molecule has 0 spiro atoms. The number of aryl methyl sites for hydroxylation is 2. The van der Waals surface area contributed by atoms with Crippen LogP contribution in [-0.2, 0) is 0 Å². The van der Waals surface area contributed by atoms with Gasteiger partial charge in [-0.1, -0.05) is 37.1 Å². The molecule has 0 amide bonds. The van der Waals surface area contributed by atoms with Crippen LogP contribution in [-0.4, -0.2) is 11.9 Å². The topological polar surface area (TPSA) is 52.3 Å². The van der Waals surface area contributed by atoms with Gasteiger partial charge in [-0.05, 0) is 50.1 Å². The van der Waals surface area contributed by atoms with Gasteiger partial charge in [0.05, 0.1) is 0 Å². The number of ketones is 1. The number of anilines is 1. The van der Waals surface area contributed by atoms with Gasteiger partial charge in [-0.25, -0.2) is 0 Å². The zero-order valence-electron chi connectivity index (χ0n) is 13.4. The number of hydrogen-bond donors (Lipinski definition) is 1. The Bertz CT molecular complexity index is 647. The summed E-state index contributed by atoms with van der Waals surface area (Å²) in [5, 5.41) is 0. The number of carbonyl (C=O) groups excluding carboxylic acids is 1. The molecule has 116 valence electrons. The second-order valence-corrected chi connectivity index (χ2v) is 5.65. The minimum absolute atomic E-state index is 0.0381. The molecular weight excluding hydrogens is 274 g/mol. The summed E-state index contributed by atoms with van der Waals surface area (Å²) in [4.78, 5) is 12.8. The van der Waals surface area contributed by atoms with E-state index in [0.29, 0.717) is 17.9 Å². The molecule has 0 saturated carbocycles. The SMILES string of the molecule is CCCC(Oc1ccc(N)cc1)C(=O)c1ccc(C)cc1C. The van der Waals surface area contributed by atoms with Crippen LogP contribution in [0.5, 0.6) is 5.75 Å². The maximum Gasteiger partial charge on any atom is 0.203 e. The van der Waals surface area contributed by atoms with Crippen molar-refractivity contribution in [2.75, 3.05) is 5.73 Å². The fraction of sp³-hybridized carbons (Fsp3) is 0.316. The first-order chi connectivity index (χ1) is 10.5. The minimum Gasteiger partial charge on any atom is -0.482 e. The van der Waals surface area contributed by atoms with Crippen molar-refractivity contribution in [3.8, 4) is 5.75 Å². The monoisotopic (exact) mass is 297 g/mol. The molecule has 0 radical (unpaired) electrons. The number of Topliss-reactive ketones (excluding diaryl/α,β-unsaturated/α-hetero) is 1. The van der Waals surface area contributed by atoms with E-state index in [1.165, 1.54) is 0 Å². The van der Waals surface area contributed by atoms with Crippen molar-refractivity contribution in [3.05, 3.63) is 59.2 Å². The summed E-state index contributed by atoms with van der Waals surface area (Å²) in [5.74, 6) is 0.710. The molecule has 2 rings (SSSR count). The molecular formula is C19H23NO2. The zero-order valence-corrected chi connectivity index (χ0v) is 13.4. The van der Waals surface area contributed by atoms with Gasteiger partial charge in [-0.2, -0.15) is 0 Å².